The van der Waals surface area contributed by atoms with Crippen molar-refractivity contribution in [3.63, 3.8) is 0 Å². The highest BCUT2D eigenvalue weighted by Crippen LogP contribution is 2.07. The number of hydrogen-bond acceptors (Lipinski definition) is 4. The van der Waals surface area contributed by atoms with E-state index in [4.69, 9.17) is 14.6 Å². The molecule has 2 amide bonds. The van der Waals surface area contributed by atoms with Gasteiger partial charge in [0.1, 0.15) is 0 Å². The van der Waals surface area contributed by atoms with Crippen molar-refractivity contribution in [2.24, 2.45) is 0 Å². The number of morpholine rings is 1. The maximum atomic E-state index is 11.8. The number of ether oxygens (including phenoxy) is 2. The molecule has 2 N–H and O–H groups in total. The average molecular weight is 274 g/mol. The molecule has 1 fully saturated rings. The maximum Gasteiger partial charge on any atom is 0.328 e. The van der Waals surface area contributed by atoms with E-state index in [0.717, 1.165) is 12.8 Å². The first-order valence-corrected chi connectivity index (χ1v) is 6.59. The van der Waals surface area contributed by atoms with Crippen LogP contribution in [0.1, 0.15) is 19.8 Å². The van der Waals surface area contributed by atoms with E-state index in [0.29, 0.717) is 32.9 Å². The zero-order chi connectivity index (χ0) is 14.1. The second-order valence-electron chi connectivity index (χ2n) is 4.32. The molecule has 0 saturated carbocycles. The Labute approximate surface area is 112 Å². The standard InChI is InChI=1S/C12H22N2O5/c1-2-3-6-18-7-4-13-12(17)14-5-8-19-9-10(14)11(15)16/h10H,2-9H2,1H3,(H,13,17)(H,15,16). The van der Waals surface area contributed by atoms with Crippen LogP contribution in [0.3, 0.4) is 0 Å². The minimum atomic E-state index is -1.05. The Bertz CT molecular complexity index is 298. The number of amides is 2. The third kappa shape index (κ3) is 5.44. The lowest BCUT2D eigenvalue weighted by Gasteiger charge is -2.32. The van der Waals surface area contributed by atoms with Crippen molar-refractivity contribution in [1.29, 1.82) is 0 Å². The molecule has 1 rings (SSSR count). The molecular weight excluding hydrogens is 252 g/mol. The molecule has 1 saturated heterocycles. The Morgan fingerprint density at radius 2 is 2.26 bits per heavy atom. The van der Waals surface area contributed by atoms with Crippen LogP contribution >= 0.6 is 0 Å². The van der Waals surface area contributed by atoms with E-state index in [2.05, 4.69) is 12.2 Å². The highest BCUT2D eigenvalue weighted by atomic mass is 16.5. The SMILES string of the molecule is CCCCOCCNC(=O)N1CCOCC1C(=O)O. The van der Waals surface area contributed by atoms with Gasteiger partial charge in [-0.3, -0.25) is 0 Å². The van der Waals surface area contributed by atoms with Crippen molar-refractivity contribution in [3.8, 4) is 0 Å². The van der Waals surface area contributed by atoms with Crippen molar-refractivity contribution in [3.05, 3.63) is 0 Å². The Balaban J connectivity index is 2.25. The van der Waals surface area contributed by atoms with Gasteiger partial charge in [-0.15, -0.1) is 0 Å². The Morgan fingerprint density at radius 3 is 2.95 bits per heavy atom. The van der Waals surface area contributed by atoms with Crippen molar-refractivity contribution in [2.75, 3.05) is 39.5 Å². The lowest BCUT2D eigenvalue weighted by molar-refractivity contribution is -0.147. The molecule has 1 atom stereocenters. The molecule has 0 aromatic heterocycles. The number of unbranched alkanes of at least 4 members (excludes halogenated alkanes) is 1. The van der Waals surface area contributed by atoms with Crippen LogP contribution in [0.5, 0.6) is 0 Å². The molecular formula is C12H22N2O5. The van der Waals surface area contributed by atoms with E-state index in [-0.39, 0.29) is 12.6 Å². The van der Waals surface area contributed by atoms with Gasteiger partial charge in [0.2, 0.25) is 0 Å². The molecule has 0 spiro atoms. The predicted octanol–water partition coefficient (Wildman–Crippen LogP) is 0.298. The van der Waals surface area contributed by atoms with E-state index in [1.807, 2.05) is 0 Å². The fourth-order valence-corrected chi connectivity index (χ4v) is 1.73. The summed E-state index contributed by atoms with van der Waals surface area (Å²) in [5.41, 5.74) is 0. The summed E-state index contributed by atoms with van der Waals surface area (Å²) in [5, 5.41) is 11.7. The van der Waals surface area contributed by atoms with Gasteiger partial charge in [-0.05, 0) is 6.42 Å². The molecule has 1 heterocycles. The molecule has 1 unspecified atom stereocenters. The predicted molar refractivity (Wildman–Crippen MR) is 68.1 cm³/mol. The van der Waals surface area contributed by atoms with Crippen molar-refractivity contribution >= 4 is 12.0 Å². The second kappa shape index (κ2) is 8.71. The van der Waals surface area contributed by atoms with Gasteiger partial charge in [-0.1, -0.05) is 13.3 Å². The minimum absolute atomic E-state index is 0.0375. The first-order chi connectivity index (χ1) is 9.16. The summed E-state index contributed by atoms with van der Waals surface area (Å²) in [4.78, 5) is 24.1. The van der Waals surface area contributed by atoms with Gasteiger partial charge < -0.3 is 24.8 Å². The second-order valence-corrected chi connectivity index (χ2v) is 4.32. The van der Waals surface area contributed by atoms with Crippen LogP contribution in [0.15, 0.2) is 0 Å². The third-order valence-electron chi connectivity index (χ3n) is 2.84. The Kier molecular flexibility index (Phi) is 7.20. The first-order valence-electron chi connectivity index (χ1n) is 6.59. The first kappa shape index (κ1) is 15.7. The molecule has 0 aromatic carbocycles. The van der Waals surface area contributed by atoms with Crippen LogP contribution in [0.25, 0.3) is 0 Å². The highest BCUT2D eigenvalue weighted by molar-refractivity contribution is 5.82. The monoisotopic (exact) mass is 274 g/mol. The number of nitrogens with one attached hydrogen (secondary N) is 1. The zero-order valence-corrected chi connectivity index (χ0v) is 11.3. The molecule has 0 bridgehead atoms. The number of hydrogen-bond donors (Lipinski definition) is 2. The van der Waals surface area contributed by atoms with Crippen molar-refractivity contribution < 1.29 is 24.2 Å². The van der Waals surface area contributed by atoms with Crippen LogP contribution in [0.2, 0.25) is 0 Å². The lowest BCUT2D eigenvalue weighted by Crippen LogP contribution is -2.55. The van der Waals surface area contributed by atoms with E-state index >= 15 is 0 Å². The van der Waals surface area contributed by atoms with Crippen LogP contribution in [-0.4, -0.2) is 67.6 Å². The van der Waals surface area contributed by atoms with Gasteiger partial charge in [0.15, 0.2) is 6.04 Å². The Morgan fingerprint density at radius 1 is 1.47 bits per heavy atom. The van der Waals surface area contributed by atoms with E-state index in [9.17, 15) is 9.59 Å². The summed E-state index contributed by atoms with van der Waals surface area (Å²) < 4.78 is 10.4. The normalized spacial score (nSPS) is 19.2. The number of nitrogens with zero attached hydrogens (tertiary/aromatic N) is 1. The molecule has 1 aliphatic heterocycles. The van der Waals surface area contributed by atoms with Crippen molar-refractivity contribution in [1.82, 2.24) is 10.2 Å². The van der Waals surface area contributed by atoms with Crippen LogP contribution in [0, 0.1) is 0 Å². The lowest BCUT2D eigenvalue weighted by atomic mass is 10.2. The molecule has 0 radical (unpaired) electrons. The van der Waals surface area contributed by atoms with Gasteiger partial charge in [0.05, 0.1) is 19.8 Å². The third-order valence-corrected chi connectivity index (χ3v) is 2.84. The number of carbonyl (C=O) groups is 2. The quantitative estimate of drug-likeness (QED) is 0.652. The summed E-state index contributed by atoms with van der Waals surface area (Å²) in [6, 6.07) is -1.29. The summed E-state index contributed by atoms with van der Waals surface area (Å²) >= 11 is 0. The minimum Gasteiger partial charge on any atom is -0.480 e. The van der Waals surface area contributed by atoms with Gasteiger partial charge in [0, 0.05) is 19.7 Å². The Hall–Kier alpha value is -1.34. The topological polar surface area (TPSA) is 88.1 Å². The number of carboxylic acids is 1. The average Bonchev–Trinajstić information content (AvgIpc) is 2.42. The summed E-state index contributed by atoms with van der Waals surface area (Å²) in [5.74, 6) is -1.05. The summed E-state index contributed by atoms with van der Waals surface area (Å²) in [6.07, 6.45) is 2.07. The summed E-state index contributed by atoms with van der Waals surface area (Å²) in [7, 11) is 0. The van der Waals surface area contributed by atoms with E-state index in [1.54, 1.807) is 0 Å². The van der Waals surface area contributed by atoms with Crippen LogP contribution in [-0.2, 0) is 14.3 Å². The molecule has 1 aliphatic rings. The fourth-order valence-electron chi connectivity index (χ4n) is 1.73. The molecule has 19 heavy (non-hydrogen) atoms. The van der Waals surface area contributed by atoms with E-state index in [1.165, 1.54) is 4.90 Å². The molecule has 110 valence electrons. The molecule has 7 heteroatoms. The van der Waals surface area contributed by atoms with Gasteiger partial charge in [-0.25, -0.2) is 9.59 Å². The molecule has 7 nitrogen and oxygen atoms in total. The number of urea groups is 1. The molecule has 0 aromatic rings. The van der Waals surface area contributed by atoms with Gasteiger partial charge >= 0.3 is 12.0 Å². The number of carbonyl (C=O) groups excluding carboxylic acids is 1. The van der Waals surface area contributed by atoms with Crippen LogP contribution < -0.4 is 5.32 Å². The van der Waals surface area contributed by atoms with Crippen LogP contribution in [0.4, 0.5) is 4.79 Å². The smallest absolute Gasteiger partial charge is 0.328 e. The highest BCUT2D eigenvalue weighted by Gasteiger charge is 2.32. The molecule has 0 aliphatic carbocycles. The maximum absolute atomic E-state index is 11.8. The number of carboxylic acid groups (broad SMARTS) is 1. The van der Waals surface area contributed by atoms with Gasteiger partial charge in [-0.2, -0.15) is 0 Å². The zero-order valence-electron chi connectivity index (χ0n) is 11.3. The largest absolute Gasteiger partial charge is 0.480 e. The van der Waals surface area contributed by atoms with Crippen molar-refractivity contribution in [2.45, 2.75) is 25.8 Å². The van der Waals surface area contributed by atoms with E-state index < -0.39 is 12.0 Å². The summed E-state index contributed by atoms with van der Waals surface area (Å²) in [6.45, 7) is 4.27. The number of aliphatic carboxylic acids is 1. The van der Waals surface area contributed by atoms with Gasteiger partial charge in [0.25, 0.3) is 0 Å². The number of rotatable bonds is 7. The fraction of sp³-hybridized carbons (Fsp3) is 0.833.